The van der Waals surface area contributed by atoms with Gasteiger partial charge in [0.05, 0.1) is 17.9 Å². The van der Waals surface area contributed by atoms with Gasteiger partial charge in [0.2, 0.25) is 5.91 Å². The van der Waals surface area contributed by atoms with Crippen molar-refractivity contribution in [2.75, 3.05) is 24.4 Å². The summed E-state index contributed by atoms with van der Waals surface area (Å²) >= 11 is 0. The summed E-state index contributed by atoms with van der Waals surface area (Å²) in [6.07, 6.45) is 2.31. The summed E-state index contributed by atoms with van der Waals surface area (Å²) in [5.41, 5.74) is 6.61. The van der Waals surface area contributed by atoms with Gasteiger partial charge in [-0.3, -0.25) is 9.52 Å². The Hall–Kier alpha value is -2.29. The fraction of sp³-hybridized carbons (Fsp3) is 0.500. The molecule has 1 unspecified atom stereocenters. The molecule has 1 atom stereocenters. The quantitative estimate of drug-likeness (QED) is 0.810. The van der Waals surface area contributed by atoms with Gasteiger partial charge in [-0.05, 0) is 25.0 Å². The van der Waals surface area contributed by atoms with Crippen LogP contribution >= 0.6 is 0 Å². The molecule has 0 bridgehead atoms. The molecule has 1 amide bonds. The van der Waals surface area contributed by atoms with Gasteiger partial charge in [-0.15, -0.1) is 4.40 Å². The Morgan fingerprint density at radius 1 is 1.48 bits per heavy atom. The van der Waals surface area contributed by atoms with Gasteiger partial charge in [0.1, 0.15) is 5.75 Å². The van der Waals surface area contributed by atoms with Crippen molar-refractivity contribution in [2.24, 2.45) is 16.0 Å². The van der Waals surface area contributed by atoms with Gasteiger partial charge in [0.15, 0.2) is 5.84 Å². The van der Waals surface area contributed by atoms with E-state index >= 15 is 0 Å². The van der Waals surface area contributed by atoms with E-state index in [9.17, 15) is 13.2 Å². The predicted octanol–water partition coefficient (Wildman–Crippen LogP) is 1.09. The monoisotopic (exact) mass is 366 g/mol. The molecule has 3 N–H and O–H groups in total. The molecule has 9 heteroatoms. The van der Waals surface area contributed by atoms with Gasteiger partial charge in [0, 0.05) is 25.4 Å². The topological polar surface area (TPSA) is 114 Å². The fourth-order valence-corrected chi connectivity index (χ4v) is 3.96. The number of ether oxygens (including phenoxy) is 1. The normalized spacial score (nSPS) is 21.2. The van der Waals surface area contributed by atoms with Crippen molar-refractivity contribution in [3.63, 3.8) is 0 Å². The summed E-state index contributed by atoms with van der Waals surface area (Å²) in [5.74, 6) is 0.831. The highest BCUT2D eigenvalue weighted by Gasteiger charge is 2.28. The molecule has 2 heterocycles. The summed E-state index contributed by atoms with van der Waals surface area (Å²) in [5, 5.41) is 0. The second kappa shape index (κ2) is 6.91. The molecule has 2 aliphatic rings. The molecule has 1 aromatic rings. The number of rotatable bonds is 5. The maximum absolute atomic E-state index is 11.9. The van der Waals surface area contributed by atoms with Crippen molar-refractivity contribution in [1.82, 2.24) is 4.90 Å². The van der Waals surface area contributed by atoms with Crippen molar-refractivity contribution in [1.29, 1.82) is 0 Å². The van der Waals surface area contributed by atoms with E-state index in [4.69, 9.17) is 10.5 Å². The summed E-state index contributed by atoms with van der Waals surface area (Å²) in [7, 11) is -3.80. The minimum Gasteiger partial charge on any atom is -0.492 e. The van der Waals surface area contributed by atoms with Crippen LogP contribution in [0.1, 0.15) is 31.7 Å². The molecule has 136 valence electrons. The standard InChI is InChI=1S/C16H22N4O4S/c1-2-4-14(21)20-8-7-11(9-20)10-24-13-6-3-5-12-15(13)16(17)19-25(22,23)18-12/h3,5-6,11,18H,2,4,7-10H2,1H3,(H2,17,19). The van der Waals surface area contributed by atoms with Crippen molar-refractivity contribution < 1.29 is 17.9 Å². The molecule has 1 aromatic carbocycles. The van der Waals surface area contributed by atoms with Crippen LogP contribution in [0.5, 0.6) is 5.75 Å². The van der Waals surface area contributed by atoms with Gasteiger partial charge >= 0.3 is 10.2 Å². The smallest absolute Gasteiger partial charge is 0.344 e. The van der Waals surface area contributed by atoms with E-state index in [2.05, 4.69) is 9.12 Å². The van der Waals surface area contributed by atoms with E-state index in [1.54, 1.807) is 18.2 Å². The highest BCUT2D eigenvalue weighted by Crippen LogP contribution is 2.31. The molecule has 1 saturated heterocycles. The second-order valence-corrected chi connectivity index (χ2v) is 7.62. The number of amidine groups is 1. The number of nitrogens with two attached hydrogens (primary N) is 1. The second-order valence-electron chi connectivity index (χ2n) is 6.29. The van der Waals surface area contributed by atoms with E-state index < -0.39 is 10.2 Å². The number of carbonyl (C=O) groups is 1. The van der Waals surface area contributed by atoms with Crippen LogP contribution in [0, 0.1) is 5.92 Å². The first-order valence-corrected chi connectivity index (χ1v) is 9.75. The molecular formula is C16H22N4O4S. The van der Waals surface area contributed by atoms with Crippen molar-refractivity contribution in [3.8, 4) is 5.75 Å². The van der Waals surface area contributed by atoms with Crippen LogP contribution in [-0.2, 0) is 15.0 Å². The zero-order valence-electron chi connectivity index (χ0n) is 14.1. The fourth-order valence-electron chi connectivity index (χ4n) is 3.11. The van der Waals surface area contributed by atoms with Gasteiger partial charge < -0.3 is 15.4 Å². The summed E-state index contributed by atoms with van der Waals surface area (Å²) < 4.78 is 34.9. The van der Waals surface area contributed by atoms with Gasteiger partial charge in [-0.2, -0.15) is 8.42 Å². The zero-order chi connectivity index (χ0) is 18.0. The molecule has 3 rings (SSSR count). The van der Waals surface area contributed by atoms with E-state index in [1.165, 1.54) is 0 Å². The minimum atomic E-state index is -3.80. The van der Waals surface area contributed by atoms with Gasteiger partial charge in [0.25, 0.3) is 0 Å². The first kappa shape index (κ1) is 17.5. The third kappa shape index (κ3) is 3.87. The van der Waals surface area contributed by atoms with Crippen molar-refractivity contribution >= 4 is 27.6 Å². The highest BCUT2D eigenvalue weighted by atomic mass is 32.2. The molecule has 8 nitrogen and oxygen atoms in total. The Morgan fingerprint density at radius 3 is 3.04 bits per heavy atom. The summed E-state index contributed by atoms with van der Waals surface area (Å²) in [6, 6.07) is 5.04. The number of likely N-dealkylation sites (tertiary alicyclic amines) is 1. The maximum Gasteiger partial charge on any atom is 0.344 e. The number of hydrogen-bond donors (Lipinski definition) is 2. The molecule has 2 aliphatic heterocycles. The lowest BCUT2D eigenvalue weighted by Crippen LogP contribution is -2.29. The first-order valence-electron chi connectivity index (χ1n) is 8.31. The number of nitrogens with zero attached hydrogens (tertiary/aromatic N) is 2. The number of carbonyl (C=O) groups excluding carboxylic acids is 1. The SMILES string of the molecule is CCCC(=O)N1CCC(COc2cccc3c2C(N)=NS(=O)(=O)N3)C1. The van der Waals surface area contributed by atoms with Crippen LogP contribution in [-0.4, -0.2) is 44.8 Å². The number of amides is 1. The molecule has 0 spiro atoms. The van der Waals surface area contributed by atoms with Crippen LogP contribution in [0.3, 0.4) is 0 Å². The Labute approximate surface area is 147 Å². The maximum atomic E-state index is 11.9. The first-order chi connectivity index (χ1) is 11.9. The average molecular weight is 366 g/mol. The van der Waals surface area contributed by atoms with Crippen molar-refractivity contribution in [3.05, 3.63) is 23.8 Å². The number of fused-ring (bicyclic) bond motifs is 1. The largest absolute Gasteiger partial charge is 0.492 e. The summed E-state index contributed by atoms with van der Waals surface area (Å²) in [4.78, 5) is 13.8. The van der Waals surface area contributed by atoms with Crippen molar-refractivity contribution in [2.45, 2.75) is 26.2 Å². The Bertz CT molecular complexity index is 806. The molecular weight excluding hydrogens is 344 g/mol. The molecule has 0 aliphatic carbocycles. The van der Waals surface area contributed by atoms with E-state index in [0.717, 1.165) is 19.4 Å². The lowest BCUT2D eigenvalue weighted by molar-refractivity contribution is -0.130. The molecule has 0 aromatic heterocycles. The molecule has 0 radical (unpaired) electrons. The van der Waals surface area contributed by atoms with Crippen LogP contribution in [0.4, 0.5) is 5.69 Å². The van der Waals surface area contributed by atoms with Gasteiger partial charge in [-0.1, -0.05) is 13.0 Å². The lowest BCUT2D eigenvalue weighted by atomic mass is 10.1. The number of benzene rings is 1. The average Bonchev–Trinajstić information content (AvgIpc) is 3.00. The number of anilines is 1. The molecule has 0 saturated carbocycles. The zero-order valence-corrected chi connectivity index (χ0v) is 14.9. The number of nitrogens with one attached hydrogen (secondary N) is 1. The molecule has 1 fully saturated rings. The van der Waals surface area contributed by atoms with E-state index in [1.807, 2.05) is 11.8 Å². The van der Waals surface area contributed by atoms with Crippen LogP contribution in [0.25, 0.3) is 0 Å². The Balaban J connectivity index is 1.67. The highest BCUT2D eigenvalue weighted by molar-refractivity contribution is 7.91. The van der Waals surface area contributed by atoms with Gasteiger partial charge in [-0.25, -0.2) is 0 Å². The van der Waals surface area contributed by atoms with Crippen LogP contribution in [0.15, 0.2) is 22.6 Å². The van der Waals surface area contributed by atoms with E-state index in [0.29, 0.717) is 36.6 Å². The number of hydrogen-bond acceptors (Lipinski definition) is 5. The van der Waals surface area contributed by atoms with Crippen LogP contribution < -0.4 is 15.2 Å². The van der Waals surface area contributed by atoms with E-state index in [-0.39, 0.29) is 17.7 Å². The predicted molar refractivity (Wildman–Crippen MR) is 94.8 cm³/mol. The van der Waals surface area contributed by atoms with Crippen LogP contribution in [0.2, 0.25) is 0 Å². The minimum absolute atomic E-state index is 0.0875. The lowest BCUT2D eigenvalue weighted by Gasteiger charge is -2.20. The third-order valence-corrected chi connectivity index (χ3v) is 5.23. The third-order valence-electron chi connectivity index (χ3n) is 4.32. The molecule has 25 heavy (non-hydrogen) atoms. The Morgan fingerprint density at radius 2 is 2.28 bits per heavy atom. The summed E-state index contributed by atoms with van der Waals surface area (Å²) in [6.45, 7) is 3.87. The Kier molecular flexibility index (Phi) is 4.85.